The Labute approximate surface area is 153 Å². The summed E-state index contributed by atoms with van der Waals surface area (Å²) in [6.07, 6.45) is 8.95. The average molecular weight is 352 g/mol. The van der Waals surface area contributed by atoms with Gasteiger partial charge in [0, 0.05) is 17.7 Å². The van der Waals surface area contributed by atoms with Crippen LogP contribution in [0.5, 0.6) is 0 Å². The van der Waals surface area contributed by atoms with Gasteiger partial charge in [0.15, 0.2) is 6.29 Å². The van der Waals surface area contributed by atoms with Crippen molar-refractivity contribution in [3.05, 3.63) is 29.1 Å². The minimum atomic E-state index is -0.278. The summed E-state index contributed by atoms with van der Waals surface area (Å²) >= 11 is 0. The molecule has 1 atom stereocenters. The first-order valence-electron chi connectivity index (χ1n) is 9.23. The van der Waals surface area contributed by atoms with Crippen LogP contribution >= 0.6 is 0 Å². The lowest BCUT2D eigenvalue weighted by atomic mass is 9.81. The van der Waals surface area contributed by atoms with Gasteiger partial charge in [0.2, 0.25) is 0 Å². The molecule has 1 saturated heterocycles. The predicted octanol–water partition coefficient (Wildman–Crippen LogP) is 2.18. The third-order valence-corrected chi connectivity index (χ3v) is 5.10. The molecule has 0 bridgehead atoms. The van der Waals surface area contributed by atoms with E-state index in [1.165, 1.54) is 19.3 Å². The molecule has 3 aliphatic rings. The minimum Gasteiger partial charge on any atom is -0.348 e. The number of rotatable bonds is 4. The van der Waals surface area contributed by atoms with E-state index in [9.17, 15) is 0 Å². The molecule has 0 amide bonds. The Morgan fingerprint density at radius 1 is 1.46 bits per heavy atom. The lowest BCUT2D eigenvalue weighted by molar-refractivity contribution is -0.110. The molecular weight excluding hydrogens is 328 g/mol. The molecule has 2 N–H and O–H groups in total. The van der Waals surface area contributed by atoms with E-state index in [0.717, 1.165) is 29.7 Å². The van der Waals surface area contributed by atoms with E-state index >= 15 is 0 Å². The number of nitrogens with zero attached hydrogens (tertiary/aromatic N) is 3. The molecule has 3 fully saturated rings. The van der Waals surface area contributed by atoms with Crippen molar-refractivity contribution in [1.29, 1.82) is 0 Å². The molecule has 1 aromatic rings. The fraction of sp³-hybridized carbons (Fsp3) is 0.550. The first kappa shape index (κ1) is 17.2. The maximum atomic E-state index is 5.96. The Morgan fingerprint density at radius 2 is 2.31 bits per heavy atom. The van der Waals surface area contributed by atoms with Gasteiger partial charge in [0.1, 0.15) is 5.71 Å². The van der Waals surface area contributed by atoms with E-state index < -0.39 is 0 Å². The van der Waals surface area contributed by atoms with Crippen molar-refractivity contribution in [2.75, 3.05) is 13.2 Å². The maximum absolute atomic E-state index is 5.96. The van der Waals surface area contributed by atoms with Crippen molar-refractivity contribution < 1.29 is 9.47 Å². The van der Waals surface area contributed by atoms with Crippen LogP contribution in [0, 0.1) is 24.7 Å². The van der Waals surface area contributed by atoms with Crippen LogP contribution < -0.4 is 5.84 Å². The Bertz CT molecular complexity index is 798. The molecule has 1 aliphatic heterocycles. The zero-order valence-corrected chi connectivity index (χ0v) is 15.1. The molecular formula is C20H24N4O2. The molecule has 6 heteroatoms. The topological polar surface area (TPSA) is 82.1 Å². The zero-order valence-electron chi connectivity index (χ0n) is 15.1. The normalized spacial score (nSPS) is 24.5. The summed E-state index contributed by atoms with van der Waals surface area (Å²) < 4.78 is 11.6. The second-order valence-corrected chi connectivity index (χ2v) is 7.34. The van der Waals surface area contributed by atoms with Crippen LogP contribution in [-0.4, -0.2) is 42.0 Å². The molecule has 4 rings (SSSR count). The Kier molecular flexibility index (Phi) is 4.75. The SMILES string of the molecule is Cc1cc(C#CC2CC2)cnc1/C(C=NCC1OCC2(CCC2)O1)=N/N. The van der Waals surface area contributed by atoms with Crippen LogP contribution in [0.15, 0.2) is 22.4 Å². The van der Waals surface area contributed by atoms with Gasteiger partial charge in [-0.3, -0.25) is 9.98 Å². The molecule has 6 nitrogen and oxygen atoms in total. The Morgan fingerprint density at radius 3 is 2.92 bits per heavy atom. The summed E-state index contributed by atoms with van der Waals surface area (Å²) in [5.74, 6) is 12.5. The minimum absolute atomic E-state index is 0.0412. The van der Waals surface area contributed by atoms with E-state index in [4.69, 9.17) is 15.3 Å². The predicted molar refractivity (Wildman–Crippen MR) is 100 cm³/mol. The van der Waals surface area contributed by atoms with Crippen molar-refractivity contribution in [3.8, 4) is 11.8 Å². The molecule has 136 valence electrons. The molecule has 2 saturated carbocycles. The van der Waals surface area contributed by atoms with Crippen LogP contribution in [0.25, 0.3) is 0 Å². The fourth-order valence-corrected chi connectivity index (χ4v) is 3.22. The van der Waals surface area contributed by atoms with Crippen molar-refractivity contribution in [2.45, 2.75) is 50.9 Å². The highest BCUT2D eigenvalue weighted by Crippen LogP contribution is 2.40. The molecule has 0 aromatic carbocycles. The van der Waals surface area contributed by atoms with Gasteiger partial charge in [-0.25, -0.2) is 0 Å². The van der Waals surface area contributed by atoms with Gasteiger partial charge in [0.25, 0.3) is 0 Å². The van der Waals surface area contributed by atoms with Crippen LogP contribution in [0.4, 0.5) is 0 Å². The number of nitrogens with two attached hydrogens (primary N) is 1. The summed E-state index contributed by atoms with van der Waals surface area (Å²) in [5, 5.41) is 3.84. The number of aromatic nitrogens is 1. The second-order valence-electron chi connectivity index (χ2n) is 7.34. The molecule has 1 aromatic heterocycles. The first-order chi connectivity index (χ1) is 12.7. The summed E-state index contributed by atoms with van der Waals surface area (Å²) in [7, 11) is 0. The lowest BCUT2D eigenvalue weighted by Gasteiger charge is -2.35. The molecule has 1 unspecified atom stereocenters. The van der Waals surface area contributed by atoms with Gasteiger partial charge in [0.05, 0.1) is 30.7 Å². The number of hydrazone groups is 1. The van der Waals surface area contributed by atoms with Gasteiger partial charge in [-0.2, -0.15) is 5.10 Å². The summed E-state index contributed by atoms with van der Waals surface area (Å²) in [5.41, 5.74) is 3.12. The Hall–Kier alpha value is -2.23. The summed E-state index contributed by atoms with van der Waals surface area (Å²) in [6.45, 7) is 3.09. The third-order valence-electron chi connectivity index (χ3n) is 5.10. The first-order valence-corrected chi connectivity index (χ1v) is 9.23. The van der Waals surface area contributed by atoms with E-state index in [1.54, 1.807) is 12.4 Å². The highest BCUT2D eigenvalue weighted by atomic mass is 16.7. The Balaban J connectivity index is 1.38. The van der Waals surface area contributed by atoms with Gasteiger partial charge in [-0.1, -0.05) is 11.8 Å². The molecule has 2 heterocycles. The summed E-state index contributed by atoms with van der Waals surface area (Å²) in [6, 6.07) is 2.01. The highest BCUT2D eigenvalue weighted by molar-refractivity contribution is 6.37. The van der Waals surface area contributed by atoms with Crippen molar-refractivity contribution >= 4 is 11.9 Å². The van der Waals surface area contributed by atoms with Gasteiger partial charge >= 0.3 is 0 Å². The van der Waals surface area contributed by atoms with Crippen LogP contribution in [-0.2, 0) is 9.47 Å². The number of hydrogen-bond donors (Lipinski definition) is 1. The molecule has 26 heavy (non-hydrogen) atoms. The molecule has 0 radical (unpaired) electrons. The quantitative estimate of drug-likeness (QED) is 0.390. The van der Waals surface area contributed by atoms with E-state index in [1.807, 2.05) is 13.0 Å². The van der Waals surface area contributed by atoms with Crippen LogP contribution in [0.1, 0.15) is 48.9 Å². The number of hydrogen-bond acceptors (Lipinski definition) is 6. The van der Waals surface area contributed by atoms with E-state index in [0.29, 0.717) is 24.8 Å². The maximum Gasteiger partial charge on any atom is 0.177 e. The monoisotopic (exact) mass is 352 g/mol. The van der Waals surface area contributed by atoms with Crippen molar-refractivity contribution in [2.24, 2.45) is 21.9 Å². The van der Waals surface area contributed by atoms with Gasteiger partial charge in [-0.05, 0) is 50.7 Å². The smallest absolute Gasteiger partial charge is 0.177 e. The lowest BCUT2D eigenvalue weighted by Crippen LogP contribution is -2.39. The highest BCUT2D eigenvalue weighted by Gasteiger charge is 2.45. The summed E-state index contributed by atoms with van der Waals surface area (Å²) in [4.78, 5) is 8.88. The van der Waals surface area contributed by atoms with Crippen molar-refractivity contribution in [1.82, 2.24) is 4.98 Å². The van der Waals surface area contributed by atoms with Crippen LogP contribution in [0.2, 0.25) is 0 Å². The third kappa shape index (κ3) is 3.79. The average Bonchev–Trinajstić information content (AvgIpc) is 3.34. The standard InChI is InChI=1S/C20H24N4O2/c1-14-9-16(6-5-15-3-4-15)10-23-19(14)17(24-21)11-22-12-18-25-13-20(26-18)7-2-8-20/h9-11,15,18H,2-4,7-8,12-13,21H2,1H3/b22-11?,24-17+. The van der Waals surface area contributed by atoms with Gasteiger partial charge in [-0.15, -0.1) is 0 Å². The number of aryl methyl sites for hydroxylation is 1. The van der Waals surface area contributed by atoms with E-state index in [2.05, 4.69) is 26.9 Å². The largest absolute Gasteiger partial charge is 0.348 e. The molecule has 1 spiro atoms. The number of ether oxygens (including phenoxy) is 2. The zero-order chi connectivity index (χ0) is 18.0. The fourth-order valence-electron chi connectivity index (χ4n) is 3.22. The number of pyridine rings is 1. The van der Waals surface area contributed by atoms with Crippen molar-refractivity contribution in [3.63, 3.8) is 0 Å². The number of aliphatic imine (C=N–C) groups is 1. The van der Waals surface area contributed by atoms with Crippen LogP contribution in [0.3, 0.4) is 0 Å². The molecule has 2 aliphatic carbocycles. The van der Waals surface area contributed by atoms with E-state index in [-0.39, 0.29) is 11.9 Å². The second kappa shape index (κ2) is 7.18. The van der Waals surface area contributed by atoms with Gasteiger partial charge < -0.3 is 15.3 Å².